The molecule has 12 rings (SSSR count). The van der Waals surface area contributed by atoms with Crippen molar-refractivity contribution < 1.29 is 0 Å². The van der Waals surface area contributed by atoms with Crippen molar-refractivity contribution in [2.24, 2.45) is 0 Å². The molecule has 0 N–H and O–H groups in total. The van der Waals surface area contributed by atoms with E-state index in [9.17, 15) is 0 Å². The summed E-state index contributed by atoms with van der Waals surface area (Å²) in [6.45, 7) is 8.74. The van der Waals surface area contributed by atoms with Crippen molar-refractivity contribution in [3.05, 3.63) is 237 Å². The average Bonchev–Trinajstić information content (AvgIpc) is 3.91. The Morgan fingerprint density at radius 1 is 0.415 bits per heavy atom. The second-order valence-corrected chi connectivity index (χ2v) is 16.1. The van der Waals surface area contributed by atoms with Crippen LogP contribution in [0.4, 0.5) is 0 Å². The van der Waals surface area contributed by atoms with Gasteiger partial charge in [-0.2, -0.15) is 0 Å². The lowest BCUT2D eigenvalue weighted by Gasteiger charge is -2.16. The highest BCUT2D eigenvalue weighted by Crippen LogP contribution is 2.50. The van der Waals surface area contributed by atoms with Crippen LogP contribution < -0.4 is 0 Å². The van der Waals surface area contributed by atoms with Crippen LogP contribution in [0.1, 0.15) is 12.6 Å². The minimum absolute atomic E-state index is 0.691. The van der Waals surface area contributed by atoms with Crippen LogP contribution in [0, 0.1) is 0 Å². The first-order valence-corrected chi connectivity index (χ1v) is 22.0. The van der Waals surface area contributed by atoms with Crippen LogP contribution in [0.5, 0.6) is 0 Å². The number of benzene rings is 9. The van der Waals surface area contributed by atoms with Crippen molar-refractivity contribution in [2.45, 2.75) is 6.92 Å². The van der Waals surface area contributed by atoms with Gasteiger partial charge in [0.2, 0.25) is 0 Å². The number of para-hydroxylation sites is 3. The summed E-state index contributed by atoms with van der Waals surface area (Å²) in [4.78, 5) is 10.1. The van der Waals surface area contributed by atoms with E-state index in [0.29, 0.717) is 5.82 Å². The molecule has 3 aromatic heterocycles. The number of hydrogen-bond acceptors (Lipinski definition) is 2. The molecule has 0 bridgehead atoms. The molecule has 0 saturated carbocycles. The molecule has 0 aliphatic heterocycles. The standard InChI is InChI=1S/C57H38N4.C4H6/c1-2-3-6-21-39-36-48(37-19-7-4-8-20-37)59-57(58-39)38-32-34-41(35-33-38)61-50-31-18-16-29-47(50)53-54-51(43-25-12-14-27-45(43)56(53)61)42-24-11-13-26-44(42)55-52(54)46-28-15-17-30-49(46)60(55)40-22-9-5-10-23-40;1-3-4-2/h2-36H,1H3;3-4H,1-2H2/b3-2-,21-6-;. The third kappa shape index (κ3) is 6.54. The summed E-state index contributed by atoms with van der Waals surface area (Å²) >= 11 is 0. The zero-order valence-electron chi connectivity index (χ0n) is 36.1. The SMILES string of the molecule is C/C=C\C=C/c1cc(-c2ccccc2)nc(-c2ccc(-n3c4ccccc4c4c5c(c6ccccc6c6c5c5ccccc5n6-c5ccccc5)c5ccccc5c43)cc2)n1.C=CC=C. The van der Waals surface area contributed by atoms with Gasteiger partial charge >= 0.3 is 0 Å². The van der Waals surface area contributed by atoms with E-state index in [1.54, 1.807) is 12.2 Å². The zero-order chi connectivity index (χ0) is 43.9. The Balaban J connectivity index is 0.00000113. The van der Waals surface area contributed by atoms with E-state index >= 15 is 0 Å². The molecule has 4 heteroatoms. The third-order valence-electron chi connectivity index (χ3n) is 12.4. The molecule has 4 nitrogen and oxygen atoms in total. The van der Waals surface area contributed by atoms with Gasteiger partial charge in [-0.1, -0.05) is 177 Å². The molecular formula is C61H44N4. The molecule has 0 unspecified atom stereocenters. The van der Waals surface area contributed by atoms with E-state index in [0.717, 1.165) is 39.4 Å². The summed E-state index contributed by atoms with van der Waals surface area (Å²) in [5, 5.41) is 12.5. The smallest absolute Gasteiger partial charge is 0.160 e. The third-order valence-corrected chi connectivity index (χ3v) is 12.4. The fourth-order valence-corrected chi connectivity index (χ4v) is 9.68. The lowest BCUT2D eigenvalue weighted by Crippen LogP contribution is -1.98. The van der Waals surface area contributed by atoms with E-state index in [-0.39, 0.29) is 0 Å². The Bertz CT molecular complexity index is 3840. The fourth-order valence-electron chi connectivity index (χ4n) is 9.68. The average molecular weight is 833 g/mol. The lowest BCUT2D eigenvalue weighted by molar-refractivity contribution is 1.15. The summed E-state index contributed by atoms with van der Waals surface area (Å²) in [5.41, 5.74) is 10.8. The van der Waals surface area contributed by atoms with Crippen LogP contribution in [0.15, 0.2) is 232 Å². The van der Waals surface area contributed by atoms with Gasteiger partial charge in [-0.25, -0.2) is 9.97 Å². The van der Waals surface area contributed by atoms with Crippen molar-refractivity contribution >= 4 is 82.0 Å². The first kappa shape index (κ1) is 39.3. The summed E-state index contributed by atoms with van der Waals surface area (Å²) in [6.07, 6.45) is 11.4. The van der Waals surface area contributed by atoms with Gasteiger partial charge in [0.15, 0.2) is 5.82 Å². The summed E-state index contributed by atoms with van der Waals surface area (Å²) in [6, 6.07) is 67.8. The second-order valence-electron chi connectivity index (χ2n) is 16.1. The predicted molar refractivity (Wildman–Crippen MR) is 278 cm³/mol. The molecule has 0 atom stereocenters. The molecule has 12 aromatic rings. The molecule has 3 heterocycles. The van der Waals surface area contributed by atoms with Crippen LogP contribution in [-0.2, 0) is 0 Å². The van der Waals surface area contributed by atoms with Gasteiger partial charge in [0, 0.05) is 60.2 Å². The minimum Gasteiger partial charge on any atom is -0.309 e. The van der Waals surface area contributed by atoms with Crippen molar-refractivity contribution in [1.29, 1.82) is 0 Å². The van der Waals surface area contributed by atoms with Gasteiger partial charge in [0.1, 0.15) is 0 Å². The van der Waals surface area contributed by atoms with Crippen LogP contribution >= 0.6 is 0 Å². The molecule has 9 aromatic carbocycles. The van der Waals surface area contributed by atoms with Gasteiger partial charge in [0.05, 0.1) is 33.5 Å². The molecule has 0 spiro atoms. The van der Waals surface area contributed by atoms with E-state index < -0.39 is 0 Å². The predicted octanol–water partition coefficient (Wildman–Crippen LogP) is 16.4. The number of allylic oxidation sites excluding steroid dienone is 5. The van der Waals surface area contributed by atoms with Gasteiger partial charge in [-0.05, 0) is 83.8 Å². The second kappa shape index (κ2) is 16.6. The van der Waals surface area contributed by atoms with E-state index in [1.807, 2.05) is 37.3 Å². The van der Waals surface area contributed by atoms with Crippen LogP contribution in [-0.4, -0.2) is 19.1 Å². The van der Waals surface area contributed by atoms with Crippen LogP contribution in [0.2, 0.25) is 0 Å². The number of aromatic nitrogens is 4. The van der Waals surface area contributed by atoms with Gasteiger partial charge in [0.25, 0.3) is 0 Å². The number of nitrogens with zero attached hydrogens (tertiary/aromatic N) is 4. The first-order chi connectivity index (χ1) is 32.2. The molecule has 0 fully saturated rings. The topological polar surface area (TPSA) is 35.6 Å². The van der Waals surface area contributed by atoms with Crippen molar-refractivity contribution in [2.75, 3.05) is 0 Å². The quantitative estimate of drug-likeness (QED) is 0.118. The highest BCUT2D eigenvalue weighted by Gasteiger charge is 2.25. The highest BCUT2D eigenvalue weighted by molar-refractivity contribution is 6.45. The molecule has 0 amide bonds. The molecule has 0 aliphatic rings. The monoisotopic (exact) mass is 832 g/mol. The fraction of sp³-hybridized carbons (Fsp3) is 0.0164. The maximum atomic E-state index is 5.10. The zero-order valence-corrected chi connectivity index (χ0v) is 36.1. The molecule has 65 heavy (non-hydrogen) atoms. The maximum Gasteiger partial charge on any atom is 0.160 e. The molecule has 0 aliphatic carbocycles. The number of rotatable bonds is 7. The van der Waals surface area contributed by atoms with Gasteiger partial charge in [-0.3, -0.25) is 0 Å². The van der Waals surface area contributed by atoms with E-state index in [4.69, 9.17) is 9.97 Å². The van der Waals surface area contributed by atoms with Crippen molar-refractivity contribution in [3.8, 4) is 34.0 Å². The summed E-state index contributed by atoms with van der Waals surface area (Å²) in [5.74, 6) is 0.691. The van der Waals surface area contributed by atoms with Gasteiger partial charge in [-0.15, -0.1) is 0 Å². The number of fused-ring (bicyclic) bond motifs is 15. The van der Waals surface area contributed by atoms with E-state index in [2.05, 4.69) is 204 Å². The Morgan fingerprint density at radius 3 is 1.43 bits per heavy atom. The normalized spacial score (nSPS) is 11.8. The Morgan fingerprint density at radius 2 is 0.892 bits per heavy atom. The van der Waals surface area contributed by atoms with E-state index in [1.165, 1.54) is 70.4 Å². The first-order valence-electron chi connectivity index (χ1n) is 22.0. The molecule has 0 saturated heterocycles. The van der Waals surface area contributed by atoms with Crippen LogP contribution in [0.3, 0.4) is 0 Å². The van der Waals surface area contributed by atoms with Crippen molar-refractivity contribution in [3.63, 3.8) is 0 Å². The summed E-state index contributed by atoms with van der Waals surface area (Å²) < 4.78 is 4.95. The molecule has 0 radical (unpaired) electrons. The lowest BCUT2D eigenvalue weighted by atomic mass is 9.89. The Hall–Kier alpha value is -8.60. The summed E-state index contributed by atoms with van der Waals surface area (Å²) in [7, 11) is 0. The number of hydrogen-bond donors (Lipinski definition) is 0. The Labute approximate surface area is 377 Å². The minimum atomic E-state index is 0.691. The highest BCUT2D eigenvalue weighted by atomic mass is 15.0. The van der Waals surface area contributed by atoms with Gasteiger partial charge < -0.3 is 9.13 Å². The molecular weight excluding hydrogens is 789 g/mol. The van der Waals surface area contributed by atoms with Crippen molar-refractivity contribution in [1.82, 2.24) is 19.1 Å². The van der Waals surface area contributed by atoms with Crippen LogP contribution in [0.25, 0.3) is 116 Å². The Kier molecular flexibility index (Phi) is 10.0. The largest absolute Gasteiger partial charge is 0.309 e. The molecule has 308 valence electrons. The maximum absolute atomic E-state index is 5.10.